The number of nitrogens with two attached hydrogens (primary N) is 1. The molecular formula is C10H9BrN2. The smallest absolute Gasteiger partial charge is 0.0992 e. The zero-order valence-corrected chi connectivity index (χ0v) is 8.63. The Bertz CT molecular complexity index is 393. The van der Waals surface area contributed by atoms with Crippen LogP contribution in [-0.4, -0.2) is 0 Å². The first-order valence-electron chi connectivity index (χ1n) is 4.20. The number of aryl methyl sites for hydroxylation is 1. The molecule has 0 spiro atoms. The summed E-state index contributed by atoms with van der Waals surface area (Å²) in [7, 11) is 0. The summed E-state index contributed by atoms with van der Waals surface area (Å²) in [6.07, 6.45) is 1.98. The lowest BCUT2D eigenvalue weighted by atomic mass is 10.1. The number of rotatable bonds is 0. The highest BCUT2D eigenvalue weighted by Crippen LogP contribution is 2.35. The standard InChI is InChI=1S/C10H9BrN2/c11-8-4-6(5-12)3-7-1-2-9(13)10(7)8/h3-4,9H,1-2,13H2/t9-/m0/s1. The summed E-state index contributed by atoms with van der Waals surface area (Å²) in [5, 5.41) is 8.76. The summed E-state index contributed by atoms with van der Waals surface area (Å²) in [6, 6.07) is 6.05. The van der Waals surface area contributed by atoms with Gasteiger partial charge >= 0.3 is 0 Å². The van der Waals surface area contributed by atoms with Crippen LogP contribution in [0.3, 0.4) is 0 Å². The van der Waals surface area contributed by atoms with Crippen molar-refractivity contribution in [1.82, 2.24) is 0 Å². The Kier molecular flexibility index (Phi) is 2.10. The van der Waals surface area contributed by atoms with E-state index in [4.69, 9.17) is 11.0 Å². The van der Waals surface area contributed by atoms with Crippen LogP contribution in [0, 0.1) is 11.3 Å². The Morgan fingerprint density at radius 1 is 1.54 bits per heavy atom. The molecule has 0 fully saturated rings. The summed E-state index contributed by atoms with van der Waals surface area (Å²) in [5.41, 5.74) is 9.03. The molecule has 0 bridgehead atoms. The zero-order valence-electron chi connectivity index (χ0n) is 7.05. The van der Waals surface area contributed by atoms with Gasteiger partial charge in [0, 0.05) is 10.5 Å². The second-order valence-electron chi connectivity index (χ2n) is 3.29. The first-order valence-corrected chi connectivity index (χ1v) is 4.99. The number of benzene rings is 1. The molecule has 3 heteroatoms. The highest BCUT2D eigenvalue weighted by atomic mass is 79.9. The molecule has 0 aromatic heterocycles. The van der Waals surface area contributed by atoms with Gasteiger partial charge in [-0.15, -0.1) is 0 Å². The van der Waals surface area contributed by atoms with E-state index in [9.17, 15) is 0 Å². The first kappa shape index (κ1) is 8.74. The fourth-order valence-corrected chi connectivity index (χ4v) is 2.61. The van der Waals surface area contributed by atoms with E-state index in [1.54, 1.807) is 0 Å². The van der Waals surface area contributed by atoms with Crippen LogP contribution in [0.2, 0.25) is 0 Å². The third kappa shape index (κ3) is 1.37. The van der Waals surface area contributed by atoms with Crippen molar-refractivity contribution in [2.24, 2.45) is 5.73 Å². The van der Waals surface area contributed by atoms with Gasteiger partial charge in [-0.1, -0.05) is 15.9 Å². The Hall–Kier alpha value is -0.850. The van der Waals surface area contributed by atoms with E-state index in [0.29, 0.717) is 5.56 Å². The Morgan fingerprint density at radius 2 is 2.31 bits per heavy atom. The van der Waals surface area contributed by atoms with Gasteiger partial charge in [0.2, 0.25) is 0 Å². The predicted octanol–water partition coefficient (Wildman–Crippen LogP) is 2.27. The molecule has 0 saturated carbocycles. The van der Waals surface area contributed by atoms with Gasteiger partial charge in [-0.05, 0) is 36.1 Å². The lowest BCUT2D eigenvalue weighted by Gasteiger charge is -2.07. The van der Waals surface area contributed by atoms with Gasteiger partial charge in [0.1, 0.15) is 0 Å². The molecule has 1 atom stereocenters. The Morgan fingerprint density at radius 3 is 3.00 bits per heavy atom. The maximum Gasteiger partial charge on any atom is 0.0992 e. The molecular weight excluding hydrogens is 228 g/mol. The van der Waals surface area contributed by atoms with Crippen molar-refractivity contribution in [2.75, 3.05) is 0 Å². The maximum absolute atomic E-state index is 8.76. The molecule has 2 N–H and O–H groups in total. The molecule has 0 aliphatic heterocycles. The largest absolute Gasteiger partial charge is 0.324 e. The molecule has 2 rings (SSSR count). The zero-order chi connectivity index (χ0) is 9.42. The minimum absolute atomic E-state index is 0.136. The summed E-state index contributed by atoms with van der Waals surface area (Å²) in [4.78, 5) is 0. The average molecular weight is 237 g/mol. The molecule has 0 unspecified atom stereocenters. The van der Waals surface area contributed by atoms with Crippen LogP contribution in [0.15, 0.2) is 16.6 Å². The number of halogens is 1. The lowest BCUT2D eigenvalue weighted by molar-refractivity contribution is 0.711. The van der Waals surface area contributed by atoms with Crippen molar-refractivity contribution >= 4 is 15.9 Å². The van der Waals surface area contributed by atoms with Gasteiger partial charge in [-0.25, -0.2) is 0 Å². The minimum Gasteiger partial charge on any atom is -0.324 e. The molecule has 2 nitrogen and oxygen atoms in total. The molecule has 0 radical (unpaired) electrons. The van der Waals surface area contributed by atoms with Crippen molar-refractivity contribution in [3.8, 4) is 6.07 Å². The quantitative estimate of drug-likeness (QED) is 0.752. The van der Waals surface area contributed by atoms with Crippen molar-refractivity contribution in [1.29, 1.82) is 5.26 Å². The Balaban J connectivity index is 2.61. The summed E-state index contributed by atoms with van der Waals surface area (Å²) in [6.45, 7) is 0. The fourth-order valence-electron chi connectivity index (χ4n) is 1.82. The van der Waals surface area contributed by atoms with Crippen LogP contribution in [0.4, 0.5) is 0 Å². The van der Waals surface area contributed by atoms with Crippen LogP contribution in [0.25, 0.3) is 0 Å². The summed E-state index contributed by atoms with van der Waals surface area (Å²) >= 11 is 3.45. The molecule has 1 aromatic rings. The van der Waals surface area contributed by atoms with E-state index in [1.165, 1.54) is 11.1 Å². The second-order valence-corrected chi connectivity index (χ2v) is 4.14. The van der Waals surface area contributed by atoms with E-state index in [0.717, 1.165) is 17.3 Å². The predicted molar refractivity (Wildman–Crippen MR) is 54.1 cm³/mol. The van der Waals surface area contributed by atoms with Gasteiger partial charge in [0.15, 0.2) is 0 Å². The third-order valence-corrected chi connectivity index (χ3v) is 3.10. The molecule has 1 aliphatic carbocycles. The topological polar surface area (TPSA) is 49.8 Å². The molecule has 13 heavy (non-hydrogen) atoms. The van der Waals surface area contributed by atoms with Crippen LogP contribution >= 0.6 is 15.9 Å². The van der Waals surface area contributed by atoms with Crippen molar-refractivity contribution in [2.45, 2.75) is 18.9 Å². The molecule has 0 heterocycles. The van der Waals surface area contributed by atoms with Crippen LogP contribution in [0.5, 0.6) is 0 Å². The van der Waals surface area contributed by atoms with Crippen molar-refractivity contribution in [3.63, 3.8) is 0 Å². The molecule has 1 aromatic carbocycles. The van der Waals surface area contributed by atoms with Crippen molar-refractivity contribution in [3.05, 3.63) is 33.3 Å². The van der Waals surface area contributed by atoms with E-state index in [1.807, 2.05) is 12.1 Å². The maximum atomic E-state index is 8.76. The normalized spacial score (nSPS) is 19.6. The Labute approximate surface area is 85.5 Å². The number of hydrogen-bond donors (Lipinski definition) is 1. The second kappa shape index (κ2) is 3.13. The number of nitrogens with zero attached hydrogens (tertiary/aromatic N) is 1. The van der Waals surface area contributed by atoms with E-state index < -0.39 is 0 Å². The number of fused-ring (bicyclic) bond motifs is 1. The van der Waals surface area contributed by atoms with Gasteiger partial charge in [-0.3, -0.25) is 0 Å². The van der Waals surface area contributed by atoms with Crippen LogP contribution in [0.1, 0.15) is 29.2 Å². The van der Waals surface area contributed by atoms with Crippen LogP contribution in [-0.2, 0) is 6.42 Å². The first-order chi connectivity index (χ1) is 6.22. The van der Waals surface area contributed by atoms with Gasteiger partial charge in [0.25, 0.3) is 0 Å². The molecule has 1 aliphatic rings. The highest BCUT2D eigenvalue weighted by Gasteiger charge is 2.22. The van der Waals surface area contributed by atoms with Gasteiger partial charge in [0.05, 0.1) is 11.6 Å². The van der Waals surface area contributed by atoms with E-state index in [-0.39, 0.29) is 6.04 Å². The highest BCUT2D eigenvalue weighted by molar-refractivity contribution is 9.10. The third-order valence-electron chi connectivity index (χ3n) is 2.44. The minimum atomic E-state index is 0.136. The molecule has 66 valence electrons. The SMILES string of the molecule is N#Cc1cc(Br)c2c(c1)CC[C@@H]2N. The number of nitriles is 1. The van der Waals surface area contributed by atoms with Crippen molar-refractivity contribution < 1.29 is 0 Å². The fraction of sp³-hybridized carbons (Fsp3) is 0.300. The number of hydrogen-bond acceptors (Lipinski definition) is 2. The average Bonchev–Trinajstić information content (AvgIpc) is 2.48. The van der Waals surface area contributed by atoms with Gasteiger partial charge < -0.3 is 5.73 Å². The van der Waals surface area contributed by atoms with Crippen LogP contribution < -0.4 is 5.73 Å². The van der Waals surface area contributed by atoms with Gasteiger partial charge in [-0.2, -0.15) is 5.26 Å². The monoisotopic (exact) mass is 236 g/mol. The molecule has 0 saturated heterocycles. The summed E-state index contributed by atoms with van der Waals surface area (Å²) in [5.74, 6) is 0. The lowest BCUT2D eigenvalue weighted by Crippen LogP contribution is -2.06. The summed E-state index contributed by atoms with van der Waals surface area (Å²) < 4.78 is 0.978. The van der Waals surface area contributed by atoms with E-state index in [2.05, 4.69) is 22.0 Å². The molecule has 0 amide bonds. The van der Waals surface area contributed by atoms with E-state index >= 15 is 0 Å².